The molecule has 0 fully saturated rings. The van der Waals surface area contributed by atoms with Gasteiger partial charge in [-0.3, -0.25) is 4.68 Å². The van der Waals surface area contributed by atoms with Gasteiger partial charge in [0.05, 0.1) is 18.2 Å². The first-order valence-electron chi connectivity index (χ1n) is 4.35. The second kappa shape index (κ2) is 9.35. The van der Waals surface area contributed by atoms with Crippen molar-refractivity contribution >= 4 is 11.9 Å². The molecule has 17 heavy (non-hydrogen) atoms. The van der Waals surface area contributed by atoms with Crippen molar-refractivity contribution in [1.29, 1.82) is 0 Å². The van der Waals surface area contributed by atoms with Crippen LogP contribution in [0.4, 0.5) is 0 Å². The van der Waals surface area contributed by atoms with Crippen molar-refractivity contribution in [3.8, 4) is 0 Å². The molecule has 82 valence electrons. The molecule has 0 amide bonds. The molecule has 1 atom stereocenters. The number of aromatic nitrogens is 2. The Bertz CT molecular complexity index is 406. The average molecular weight is 288 g/mol. The zero-order valence-electron chi connectivity index (χ0n) is 10.4. The van der Waals surface area contributed by atoms with Crippen molar-refractivity contribution in [2.75, 3.05) is 0 Å². The molecule has 0 aliphatic heterocycles. The van der Waals surface area contributed by atoms with Gasteiger partial charge in [-0.1, -0.05) is 0 Å². The molecule has 0 bridgehead atoms. The van der Waals surface area contributed by atoms with E-state index in [4.69, 9.17) is 0 Å². The summed E-state index contributed by atoms with van der Waals surface area (Å²) in [5, 5.41) is 24.9. The number of aliphatic carboxylic acids is 2. The van der Waals surface area contributed by atoms with Crippen molar-refractivity contribution < 1.29 is 123 Å². The van der Waals surface area contributed by atoms with E-state index in [1.807, 2.05) is 0 Å². The van der Waals surface area contributed by atoms with Crippen LogP contribution in [0.5, 0.6) is 0 Å². The molecular weight excluding hydrogens is 278 g/mol. The maximum atomic E-state index is 10.7. The third-order valence-corrected chi connectivity index (χ3v) is 2.22. The summed E-state index contributed by atoms with van der Waals surface area (Å²) in [7, 11) is 0. The van der Waals surface area contributed by atoms with E-state index in [1.54, 1.807) is 13.8 Å². The van der Waals surface area contributed by atoms with Crippen LogP contribution in [0.1, 0.15) is 23.7 Å². The number of hydrogen-bond donors (Lipinski definition) is 0. The van der Waals surface area contributed by atoms with E-state index < -0.39 is 24.4 Å². The predicted octanol–water partition coefficient (Wildman–Crippen LogP) is -8.06. The van der Waals surface area contributed by atoms with E-state index in [0.29, 0.717) is 5.69 Å². The summed E-state index contributed by atoms with van der Waals surface area (Å²) < 4.78 is 1.13. The van der Waals surface area contributed by atoms with Gasteiger partial charge >= 0.3 is 103 Å². The third-order valence-electron chi connectivity index (χ3n) is 2.22. The molecule has 0 radical (unpaired) electrons. The van der Waals surface area contributed by atoms with E-state index in [1.165, 1.54) is 6.20 Å². The van der Waals surface area contributed by atoms with Crippen LogP contribution in [0.3, 0.4) is 0 Å². The van der Waals surface area contributed by atoms with Crippen molar-refractivity contribution in [3.05, 3.63) is 17.5 Å². The van der Waals surface area contributed by atoms with Crippen molar-refractivity contribution in [2.45, 2.75) is 26.3 Å². The topological polar surface area (TPSA) is 98.1 Å². The fourth-order valence-electron chi connectivity index (χ4n) is 1.25. The number of nitrogens with zero attached hydrogens (tertiary/aromatic N) is 2. The molecular formula is C9H10K2N2O4. The minimum absolute atomic E-state index is 0. The van der Waals surface area contributed by atoms with Gasteiger partial charge in [0.1, 0.15) is 0 Å². The van der Waals surface area contributed by atoms with Crippen molar-refractivity contribution in [1.82, 2.24) is 9.78 Å². The van der Waals surface area contributed by atoms with Crippen LogP contribution in [0.15, 0.2) is 6.20 Å². The smallest absolute Gasteiger partial charge is 0.550 e. The Morgan fingerprint density at radius 3 is 2.18 bits per heavy atom. The maximum Gasteiger partial charge on any atom is 1.00 e. The van der Waals surface area contributed by atoms with Gasteiger partial charge in [-0.2, -0.15) is 5.10 Å². The quantitative estimate of drug-likeness (QED) is 0.513. The molecule has 1 aromatic rings. The molecule has 0 saturated carbocycles. The van der Waals surface area contributed by atoms with Crippen LogP contribution in [-0.2, 0) is 9.59 Å². The van der Waals surface area contributed by atoms with Crippen LogP contribution >= 0.6 is 0 Å². The van der Waals surface area contributed by atoms with Gasteiger partial charge in [-0.25, -0.2) is 0 Å². The number of carbonyl (C=O) groups is 2. The van der Waals surface area contributed by atoms with E-state index >= 15 is 0 Å². The summed E-state index contributed by atoms with van der Waals surface area (Å²) >= 11 is 0. The Hall–Kier alpha value is 1.42. The summed E-state index contributed by atoms with van der Waals surface area (Å²) in [6.45, 7) is 3.41. The Morgan fingerprint density at radius 2 is 1.88 bits per heavy atom. The number of carboxylic acid groups (broad SMARTS) is 2. The summed E-state index contributed by atoms with van der Waals surface area (Å²) in [4.78, 5) is 21.1. The normalized spacial score (nSPS) is 10.9. The molecule has 0 spiro atoms. The Balaban J connectivity index is 0. The molecule has 8 heteroatoms. The molecule has 0 aromatic carbocycles. The summed E-state index contributed by atoms with van der Waals surface area (Å²) in [5.74, 6) is -2.93. The van der Waals surface area contributed by atoms with Crippen molar-refractivity contribution in [3.63, 3.8) is 0 Å². The molecule has 0 aliphatic carbocycles. The van der Waals surface area contributed by atoms with E-state index in [2.05, 4.69) is 5.10 Å². The van der Waals surface area contributed by atoms with Crippen LogP contribution < -0.4 is 113 Å². The first-order valence-corrected chi connectivity index (χ1v) is 4.35. The van der Waals surface area contributed by atoms with E-state index in [9.17, 15) is 19.8 Å². The summed E-state index contributed by atoms with van der Waals surface area (Å²) in [6, 6.07) is -1.32. The number of rotatable bonds is 4. The zero-order chi connectivity index (χ0) is 11.6. The Kier molecular flexibility index (Phi) is 11.4. The van der Waals surface area contributed by atoms with Crippen LogP contribution in [0.25, 0.3) is 0 Å². The minimum Gasteiger partial charge on any atom is -0.550 e. The Morgan fingerprint density at radius 1 is 1.35 bits per heavy atom. The molecule has 1 aromatic heterocycles. The molecule has 6 nitrogen and oxygen atoms in total. The number of hydrogen-bond acceptors (Lipinski definition) is 5. The standard InChI is InChI=1S/C9H12N2O4.2K/c1-5-4-10-11(6(5)2)7(9(14)15)3-8(12)13;;/h4,7H,3H2,1-2H3,(H,12,13)(H,14,15);;/q;2*+1/p-2. The van der Waals surface area contributed by atoms with E-state index in [0.717, 1.165) is 10.2 Å². The molecule has 0 saturated heterocycles. The zero-order valence-corrected chi connectivity index (χ0v) is 16.6. The van der Waals surface area contributed by atoms with Crippen LogP contribution in [-0.4, -0.2) is 21.7 Å². The van der Waals surface area contributed by atoms with Gasteiger partial charge in [-0.15, -0.1) is 0 Å². The van der Waals surface area contributed by atoms with Gasteiger partial charge in [-0.05, 0) is 19.4 Å². The Labute approximate surface area is 184 Å². The van der Waals surface area contributed by atoms with Gasteiger partial charge in [0, 0.05) is 18.1 Å². The third kappa shape index (κ3) is 5.94. The predicted molar refractivity (Wildman–Crippen MR) is 45.4 cm³/mol. The monoisotopic (exact) mass is 288 g/mol. The van der Waals surface area contributed by atoms with Crippen molar-refractivity contribution in [2.24, 2.45) is 0 Å². The van der Waals surface area contributed by atoms with Gasteiger partial charge in [0.2, 0.25) is 0 Å². The number of aryl methyl sites for hydroxylation is 1. The first-order chi connectivity index (χ1) is 6.93. The summed E-state index contributed by atoms with van der Waals surface area (Å²) in [6.07, 6.45) is 0.824. The largest absolute Gasteiger partial charge is 1.00 e. The van der Waals surface area contributed by atoms with Gasteiger partial charge in [0.25, 0.3) is 0 Å². The molecule has 1 rings (SSSR count). The molecule has 0 aliphatic rings. The second-order valence-corrected chi connectivity index (χ2v) is 3.27. The minimum atomic E-state index is -1.48. The van der Waals surface area contributed by atoms with Crippen LogP contribution in [0.2, 0.25) is 0 Å². The average Bonchev–Trinajstić information content (AvgIpc) is 2.44. The number of carbonyl (C=O) groups excluding carboxylic acids is 2. The molecule has 1 unspecified atom stereocenters. The first kappa shape index (κ1) is 20.7. The second-order valence-electron chi connectivity index (χ2n) is 3.27. The van der Waals surface area contributed by atoms with E-state index in [-0.39, 0.29) is 103 Å². The maximum absolute atomic E-state index is 10.7. The fourth-order valence-corrected chi connectivity index (χ4v) is 1.25. The van der Waals surface area contributed by atoms with Crippen LogP contribution in [0, 0.1) is 13.8 Å². The van der Waals surface area contributed by atoms with Gasteiger partial charge in [0.15, 0.2) is 0 Å². The summed E-state index contributed by atoms with van der Waals surface area (Å²) in [5.41, 5.74) is 1.39. The molecule has 1 heterocycles. The molecule has 0 N–H and O–H groups in total. The SMILES string of the molecule is Cc1cnn(C(CC(=O)[O-])C(=O)[O-])c1C.[K+].[K+]. The number of carboxylic acids is 2. The van der Waals surface area contributed by atoms with Gasteiger partial charge < -0.3 is 19.8 Å². The fraction of sp³-hybridized carbons (Fsp3) is 0.444.